The Morgan fingerprint density at radius 2 is 2.05 bits per heavy atom. The van der Waals surface area contributed by atoms with Crippen LogP contribution in [-0.2, 0) is 12.8 Å². The molecule has 0 fully saturated rings. The third kappa shape index (κ3) is 2.29. The van der Waals surface area contributed by atoms with Crippen LogP contribution in [0.5, 0.6) is 0 Å². The maximum absolute atomic E-state index is 12.4. The van der Waals surface area contributed by atoms with Crippen LogP contribution in [0.4, 0.5) is 0 Å². The number of rotatable bonds is 1. The van der Waals surface area contributed by atoms with E-state index in [1.54, 1.807) is 24.2 Å². The van der Waals surface area contributed by atoms with Crippen molar-refractivity contribution in [3.05, 3.63) is 40.8 Å². The summed E-state index contributed by atoms with van der Waals surface area (Å²) in [6.07, 6.45) is 3.12. The lowest BCUT2D eigenvalue weighted by molar-refractivity contribution is 0.0752. The SMILES string of the molecule is Cc1cc(C(=O)N2CCc3ncnc(C)c3CC2)no1. The number of hydrogen-bond acceptors (Lipinski definition) is 5. The summed E-state index contributed by atoms with van der Waals surface area (Å²) >= 11 is 0. The first-order chi connectivity index (χ1) is 9.65. The van der Waals surface area contributed by atoms with Crippen molar-refractivity contribution in [1.82, 2.24) is 20.0 Å². The van der Waals surface area contributed by atoms with Crippen molar-refractivity contribution in [1.29, 1.82) is 0 Å². The van der Waals surface area contributed by atoms with Crippen molar-refractivity contribution in [2.45, 2.75) is 26.7 Å². The van der Waals surface area contributed by atoms with Gasteiger partial charge in [0.1, 0.15) is 12.1 Å². The molecule has 0 saturated carbocycles. The van der Waals surface area contributed by atoms with Gasteiger partial charge in [-0.1, -0.05) is 5.16 Å². The van der Waals surface area contributed by atoms with Crippen LogP contribution in [0, 0.1) is 13.8 Å². The highest BCUT2D eigenvalue weighted by molar-refractivity contribution is 5.92. The van der Waals surface area contributed by atoms with Gasteiger partial charge in [0.2, 0.25) is 0 Å². The van der Waals surface area contributed by atoms with Crippen LogP contribution in [0.15, 0.2) is 16.9 Å². The van der Waals surface area contributed by atoms with Crippen LogP contribution in [-0.4, -0.2) is 39.0 Å². The smallest absolute Gasteiger partial charge is 0.276 e. The van der Waals surface area contributed by atoms with Crippen molar-refractivity contribution in [2.24, 2.45) is 0 Å². The van der Waals surface area contributed by atoms with Crippen molar-refractivity contribution in [3.63, 3.8) is 0 Å². The van der Waals surface area contributed by atoms with Gasteiger partial charge in [-0.3, -0.25) is 4.79 Å². The van der Waals surface area contributed by atoms with Gasteiger partial charge in [0.15, 0.2) is 5.69 Å². The number of carbonyl (C=O) groups is 1. The van der Waals surface area contributed by atoms with Crippen LogP contribution in [0.25, 0.3) is 0 Å². The first-order valence-electron chi connectivity index (χ1n) is 6.67. The van der Waals surface area contributed by atoms with E-state index in [9.17, 15) is 4.79 Å². The molecule has 20 heavy (non-hydrogen) atoms. The van der Waals surface area contributed by atoms with Crippen LogP contribution in [0.1, 0.15) is 33.2 Å². The molecule has 3 rings (SSSR count). The summed E-state index contributed by atoms with van der Waals surface area (Å²) in [7, 11) is 0. The minimum atomic E-state index is -0.0831. The zero-order valence-corrected chi connectivity index (χ0v) is 11.6. The Hall–Kier alpha value is -2.24. The number of aromatic nitrogens is 3. The number of hydrogen-bond donors (Lipinski definition) is 0. The summed E-state index contributed by atoms with van der Waals surface area (Å²) in [6, 6.07) is 1.67. The summed E-state index contributed by atoms with van der Waals surface area (Å²) in [5, 5.41) is 3.79. The molecule has 0 aliphatic carbocycles. The molecule has 0 spiro atoms. The Kier molecular flexibility index (Phi) is 3.22. The Balaban J connectivity index is 1.80. The molecular weight excluding hydrogens is 256 g/mol. The van der Waals surface area contributed by atoms with Crippen LogP contribution < -0.4 is 0 Å². The molecule has 0 atom stereocenters. The van der Waals surface area contributed by atoms with Crippen molar-refractivity contribution in [2.75, 3.05) is 13.1 Å². The lowest BCUT2D eigenvalue weighted by Gasteiger charge is -2.18. The Morgan fingerprint density at radius 1 is 1.25 bits per heavy atom. The number of amides is 1. The van der Waals surface area contributed by atoms with Gasteiger partial charge in [-0.25, -0.2) is 9.97 Å². The summed E-state index contributed by atoms with van der Waals surface area (Å²) in [5.74, 6) is 0.563. The Labute approximate surface area is 116 Å². The van der Waals surface area contributed by atoms with E-state index in [-0.39, 0.29) is 5.91 Å². The monoisotopic (exact) mass is 272 g/mol. The predicted octanol–water partition coefficient (Wildman–Crippen LogP) is 1.32. The summed E-state index contributed by atoms with van der Waals surface area (Å²) in [4.78, 5) is 22.7. The van der Waals surface area contributed by atoms with Gasteiger partial charge in [0.05, 0.1) is 0 Å². The van der Waals surface area contributed by atoms with E-state index in [1.165, 1.54) is 5.56 Å². The quantitative estimate of drug-likeness (QED) is 0.783. The van der Waals surface area contributed by atoms with E-state index in [0.29, 0.717) is 24.5 Å². The van der Waals surface area contributed by atoms with Gasteiger partial charge >= 0.3 is 0 Å². The predicted molar refractivity (Wildman–Crippen MR) is 71.3 cm³/mol. The van der Waals surface area contributed by atoms with E-state index in [4.69, 9.17) is 4.52 Å². The molecular formula is C14H16N4O2. The first kappa shape index (κ1) is 12.8. The molecule has 1 amide bonds. The van der Waals surface area contributed by atoms with Gasteiger partial charge in [0, 0.05) is 37.0 Å². The highest BCUT2D eigenvalue weighted by Gasteiger charge is 2.23. The fourth-order valence-electron chi connectivity index (χ4n) is 2.52. The topological polar surface area (TPSA) is 72.1 Å². The largest absolute Gasteiger partial charge is 0.361 e. The van der Waals surface area contributed by atoms with Gasteiger partial charge in [-0.2, -0.15) is 0 Å². The maximum Gasteiger partial charge on any atom is 0.276 e. The first-order valence-corrected chi connectivity index (χ1v) is 6.67. The Morgan fingerprint density at radius 3 is 2.80 bits per heavy atom. The second kappa shape index (κ2) is 5.03. The van der Waals surface area contributed by atoms with E-state index < -0.39 is 0 Å². The van der Waals surface area contributed by atoms with E-state index in [0.717, 1.165) is 24.2 Å². The molecule has 0 N–H and O–H groups in total. The third-order valence-corrected chi connectivity index (χ3v) is 3.63. The zero-order valence-electron chi connectivity index (χ0n) is 11.6. The van der Waals surface area contributed by atoms with E-state index in [1.807, 2.05) is 6.92 Å². The molecule has 1 aliphatic heterocycles. The minimum Gasteiger partial charge on any atom is -0.361 e. The lowest BCUT2D eigenvalue weighted by Crippen LogP contribution is -2.33. The molecule has 104 valence electrons. The van der Waals surface area contributed by atoms with Crippen molar-refractivity contribution < 1.29 is 9.32 Å². The number of carbonyl (C=O) groups excluding carboxylic acids is 1. The van der Waals surface area contributed by atoms with Gasteiger partial charge in [0.25, 0.3) is 5.91 Å². The summed E-state index contributed by atoms with van der Waals surface area (Å²) in [6.45, 7) is 5.07. The van der Waals surface area contributed by atoms with Crippen LogP contribution in [0.2, 0.25) is 0 Å². The molecule has 6 nitrogen and oxygen atoms in total. The standard InChI is InChI=1S/C14H16N4O2/c1-9-7-13(17-20-9)14(19)18-5-3-11-10(2)15-8-16-12(11)4-6-18/h7-8H,3-6H2,1-2H3. The lowest BCUT2D eigenvalue weighted by atomic mass is 10.1. The molecule has 0 aromatic carbocycles. The van der Waals surface area contributed by atoms with Crippen LogP contribution in [0.3, 0.4) is 0 Å². The second-order valence-corrected chi connectivity index (χ2v) is 5.00. The molecule has 0 bridgehead atoms. The van der Waals surface area contributed by atoms with Crippen molar-refractivity contribution in [3.8, 4) is 0 Å². The van der Waals surface area contributed by atoms with Crippen LogP contribution >= 0.6 is 0 Å². The summed E-state index contributed by atoms with van der Waals surface area (Å²) < 4.78 is 4.97. The molecule has 2 aromatic rings. The molecule has 3 heterocycles. The number of aryl methyl sites for hydroxylation is 2. The fourth-order valence-corrected chi connectivity index (χ4v) is 2.52. The second-order valence-electron chi connectivity index (χ2n) is 5.00. The summed E-state index contributed by atoms with van der Waals surface area (Å²) in [5.41, 5.74) is 3.58. The van der Waals surface area contributed by atoms with E-state index >= 15 is 0 Å². The maximum atomic E-state index is 12.4. The van der Waals surface area contributed by atoms with Gasteiger partial charge in [-0.05, 0) is 25.8 Å². The van der Waals surface area contributed by atoms with Gasteiger partial charge in [-0.15, -0.1) is 0 Å². The average Bonchev–Trinajstić information content (AvgIpc) is 2.74. The van der Waals surface area contributed by atoms with Gasteiger partial charge < -0.3 is 9.42 Å². The minimum absolute atomic E-state index is 0.0831. The molecule has 2 aromatic heterocycles. The number of nitrogens with zero attached hydrogens (tertiary/aromatic N) is 4. The third-order valence-electron chi connectivity index (χ3n) is 3.63. The molecule has 6 heteroatoms. The number of fused-ring (bicyclic) bond motifs is 1. The molecule has 0 unspecified atom stereocenters. The van der Waals surface area contributed by atoms with Crippen molar-refractivity contribution >= 4 is 5.91 Å². The average molecular weight is 272 g/mol. The van der Waals surface area contributed by atoms with E-state index in [2.05, 4.69) is 15.1 Å². The normalized spacial score (nSPS) is 14.8. The highest BCUT2D eigenvalue weighted by atomic mass is 16.5. The molecule has 0 saturated heterocycles. The Bertz CT molecular complexity index is 650. The highest BCUT2D eigenvalue weighted by Crippen LogP contribution is 2.17. The fraction of sp³-hybridized carbons (Fsp3) is 0.429. The molecule has 0 radical (unpaired) electrons. The zero-order chi connectivity index (χ0) is 14.1. The molecule has 1 aliphatic rings.